The van der Waals surface area contributed by atoms with Crippen molar-refractivity contribution >= 4 is 35.0 Å². The summed E-state index contributed by atoms with van der Waals surface area (Å²) in [6.07, 6.45) is 5.09. The van der Waals surface area contributed by atoms with Gasteiger partial charge in [-0.2, -0.15) is 4.98 Å². The van der Waals surface area contributed by atoms with E-state index in [-0.39, 0.29) is 12.5 Å². The van der Waals surface area contributed by atoms with E-state index in [2.05, 4.69) is 20.5 Å². The highest BCUT2D eigenvalue weighted by Crippen LogP contribution is 2.40. The maximum absolute atomic E-state index is 13.2. The summed E-state index contributed by atoms with van der Waals surface area (Å²) in [4.78, 5) is 38.9. The molecule has 1 aliphatic heterocycles. The molecule has 0 saturated heterocycles. The Morgan fingerprint density at radius 2 is 2.03 bits per heavy atom. The third-order valence-electron chi connectivity index (χ3n) is 7.02. The second kappa shape index (κ2) is 10.9. The third kappa shape index (κ3) is 5.62. The molecule has 11 heteroatoms. The van der Waals surface area contributed by atoms with Crippen LogP contribution in [0.25, 0.3) is 0 Å². The van der Waals surface area contributed by atoms with Crippen molar-refractivity contribution in [2.75, 3.05) is 49.0 Å². The summed E-state index contributed by atoms with van der Waals surface area (Å²) < 4.78 is 5.50. The zero-order valence-electron chi connectivity index (χ0n) is 21.8. The van der Waals surface area contributed by atoms with E-state index in [1.807, 2.05) is 13.8 Å². The van der Waals surface area contributed by atoms with Gasteiger partial charge in [-0.25, -0.2) is 4.98 Å². The molecule has 2 amide bonds. The van der Waals surface area contributed by atoms with E-state index in [4.69, 9.17) is 14.8 Å². The molecule has 1 fully saturated rings. The highest BCUT2D eigenvalue weighted by atomic mass is 16.5. The zero-order chi connectivity index (χ0) is 26.7. The van der Waals surface area contributed by atoms with Gasteiger partial charge < -0.3 is 35.4 Å². The lowest BCUT2D eigenvalue weighted by atomic mass is 9.91. The maximum Gasteiger partial charge on any atom is 0.251 e. The standard InChI is InChI=1S/C26H36N6O5/c1-26(2)15-32(17-7-5-6-8-17)22-20(31(3)24(26)36)13-28-25(30-22)29-19-10-9-16(11-21(19)37-4)23(35)27-12-18(34)14-33/h9-11,13,17-18,33-34H,5-8,12,14-15H2,1-4H3,(H,27,35)(H,28,29,30). The molecule has 0 radical (unpaired) electrons. The number of ether oxygens (including phenoxy) is 1. The second-order valence-electron chi connectivity index (χ2n) is 10.3. The first-order valence-corrected chi connectivity index (χ1v) is 12.6. The van der Waals surface area contributed by atoms with Crippen molar-refractivity contribution in [3.05, 3.63) is 30.0 Å². The number of amides is 2. The Kier molecular flexibility index (Phi) is 7.84. The van der Waals surface area contributed by atoms with Crippen molar-refractivity contribution in [3.8, 4) is 5.75 Å². The molecule has 1 unspecified atom stereocenters. The van der Waals surface area contributed by atoms with E-state index in [0.29, 0.717) is 41.2 Å². The summed E-state index contributed by atoms with van der Waals surface area (Å²) in [6.45, 7) is 4.01. The smallest absolute Gasteiger partial charge is 0.251 e. The van der Waals surface area contributed by atoms with Crippen molar-refractivity contribution in [2.45, 2.75) is 51.7 Å². The van der Waals surface area contributed by atoms with E-state index in [9.17, 15) is 14.7 Å². The van der Waals surface area contributed by atoms with Gasteiger partial charge in [0.1, 0.15) is 11.4 Å². The number of aromatic nitrogens is 2. The highest BCUT2D eigenvalue weighted by molar-refractivity contribution is 6.01. The average molecular weight is 513 g/mol. The molecule has 4 rings (SSSR count). The fourth-order valence-electron chi connectivity index (χ4n) is 4.96. The molecular weight excluding hydrogens is 476 g/mol. The molecule has 2 heterocycles. The van der Waals surface area contributed by atoms with Crippen LogP contribution >= 0.6 is 0 Å². The van der Waals surface area contributed by atoms with Crippen LogP contribution in [0, 0.1) is 5.41 Å². The molecule has 1 aromatic heterocycles. The Hall–Kier alpha value is -3.44. The lowest BCUT2D eigenvalue weighted by Crippen LogP contribution is -2.45. The molecule has 1 aliphatic carbocycles. The number of nitrogens with zero attached hydrogens (tertiary/aromatic N) is 4. The number of methoxy groups -OCH3 is 1. The van der Waals surface area contributed by atoms with Crippen molar-refractivity contribution in [1.29, 1.82) is 0 Å². The Bertz CT molecular complexity index is 1150. The zero-order valence-corrected chi connectivity index (χ0v) is 21.8. The van der Waals surface area contributed by atoms with Gasteiger partial charge in [0.05, 0.1) is 37.1 Å². The van der Waals surface area contributed by atoms with Gasteiger partial charge in [0.2, 0.25) is 11.9 Å². The van der Waals surface area contributed by atoms with Gasteiger partial charge in [-0.05, 0) is 44.9 Å². The predicted octanol–water partition coefficient (Wildman–Crippen LogP) is 2.06. The summed E-state index contributed by atoms with van der Waals surface area (Å²) in [5.41, 5.74) is 1.01. The molecule has 2 aliphatic rings. The number of anilines is 4. The Balaban J connectivity index is 1.62. The number of nitrogens with one attached hydrogen (secondary N) is 2. The first kappa shape index (κ1) is 26.6. The topological polar surface area (TPSA) is 140 Å². The van der Waals surface area contributed by atoms with E-state index in [1.54, 1.807) is 36.3 Å². The molecule has 37 heavy (non-hydrogen) atoms. The average Bonchev–Trinajstić information content (AvgIpc) is 3.42. The van der Waals surface area contributed by atoms with Crippen LogP contribution in [0.4, 0.5) is 23.1 Å². The number of aliphatic hydroxyl groups is 2. The van der Waals surface area contributed by atoms with E-state index in [0.717, 1.165) is 31.5 Å². The van der Waals surface area contributed by atoms with Crippen LogP contribution in [0.5, 0.6) is 5.75 Å². The second-order valence-corrected chi connectivity index (χ2v) is 10.3. The van der Waals surface area contributed by atoms with Gasteiger partial charge in [0.25, 0.3) is 5.91 Å². The van der Waals surface area contributed by atoms with Crippen LogP contribution in [0.15, 0.2) is 24.4 Å². The lowest BCUT2D eigenvalue weighted by Gasteiger charge is -2.34. The van der Waals surface area contributed by atoms with Crippen molar-refractivity contribution in [3.63, 3.8) is 0 Å². The van der Waals surface area contributed by atoms with Crippen LogP contribution in [-0.2, 0) is 4.79 Å². The fraction of sp³-hybridized carbons (Fsp3) is 0.538. The number of carbonyl (C=O) groups excluding carboxylic acids is 2. The van der Waals surface area contributed by atoms with Crippen LogP contribution in [0.1, 0.15) is 49.9 Å². The number of fused-ring (bicyclic) bond motifs is 1. The number of aliphatic hydroxyl groups excluding tert-OH is 2. The van der Waals surface area contributed by atoms with Gasteiger partial charge in [0, 0.05) is 31.7 Å². The maximum atomic E-state index is 13.2. The van der Waals surface area contributed by atoms with Crippen LogP contribution in [0.2, 0.25) is 0 Å². The fourth-order valence-corrected chi connectivity index (χ4v) is 4.96. The molecule has 1 atom stereocenters. The minimum atomic E-state index is -1.03. The summed E-state index contributed by atoms with van der Waals surface area (Å²) in [5.74, 6) is 1.11. The molecule has 1 saturated carbocycles. The number of carbonyl (C=O) groups is 2. The van der Waals surface area contributed by atoms with Crippen LogP contribution in [-0.4, -0.2) is 78.0 Å². The minimum Gasteiger partial charge on any atom is -0.495 e. The summed E-state index contributed by atoms with van der Waals surface area (Å²) in [7, 11) is 3.27. The molecule has 2 aromatic rings. The number of hydrogen-bond acceptors (Lipinski definition) is 9. The third-order valence-corrected chi connectivity index (χ3v) is 7.02. The van der Waals surface area contributed by atoms with Crippen molar-refractivity contribution < 1.29 is 24.5 Å². The van der Waals surface area contributed by atoms with E-state index in [1.165, 1.54) is 7.11 Å². The first-order valence-electron chi connectivity index (χ1n) is 12.6. The first-order chi connectivity index (χ1) is 17.6. The molecule has 0 bridgehead atoms. The molecule has 4 N–H and O–H groups in total. The van der Waals surface area contributed by atoms with Crippen LogP contribution in [0.3, 0.4) is 0 Å². The molecule has 200 valence electrons. The number of rotatable bonds is 8. The quantitative estimate of drug-likeness (QED) is 0.418. The largest absolute Gasteiger partial charge is 0.495 e. The van der Waals surface area contributed by atoms with Gasteiger partial charge >= 0.3 is 0 Å². The summed E-state index contributed by atoms with van der Waals surface area (Å²) >= 11 is 0. The van der Waals surface area contributed by atoms with E-state index >= 15 is 0 Å². The normalized spacial score (nSPS) is 18.3. The number of benzene rings is 1. The number of hydrogen-bond donors (Lipinski definition) is 4. The molecule has 11 nitrogen and oxygen atoms in total. The Labute approximate surface area is 216 Å². The summed E-state index contributed by atoms with van der Waals surface area (Å²) in [5, 5.41) is 24.2. The van der Waals surface area contributed by atoms with Crippen molar-refractivity contribution in [2.24, 2.45) is 5.41 Å². The molecular formula is C26H36N6O5. The summed E-state index contributed by atoms with van der Waals surface area (Å²) in [6, 6.07) is 5.21. The monoisotopic (exact) mass is 512 g/mol. The predicted molar refractivity (Wildman–Crippen MR) is 141 cm³/mol. The minimum absolute atomic E-state index is 0.0283. The highest BCUT2D eigenvalue weighted by Gasteiger charge is 2.41. The van der Waals surface area contributed by atoms with Crippen molar-refractivity contribution in [1.82, 2.24) is 15.3 Å². The van der Waals surface area contributed by atoms with Gasteiger partial charge in [0.15, 0.2) is 5.82 Å². The molecule has 1 aromatic carbocycles. The Morgan fingerprint density at radius 3 is 2.70 bits per heavy atom. The van der Waals surface area contributed by atoms with Gasteiger partial charge in [-0.3, -0.25) is 9.59 Å². The lowest BCUT2D eigenvalue weighted by molar-refractivity contribution is -0.125. The van der Waals surface area contributed by atoms with Crippen LogP contribution < -0.4 is 25.2 Å². The Morgan fingerprint density at radius 1 is 1.30 bits per heavy atom. The van der Waals surface area contributed by atoms with Gasteiger partial charge in [-0.1, -0.05) is 12.8 Å². The SMILES string of the molecule is COc1cc(C(=O)NCC(O)CO)ccc1Nc1ncc2c(n1)N(C1CCCC1)CC(C)(C)C(=O)N2C. The molecule has 0 spiro atoms. The van der Waals surface area contributed by atoms with Gasteiger partial charge in [-0.15, -0.1) is 0 Å². The van der Waals surface area contributed by atoms with E-state index < -0.39 is 24.0 Å².